The molecule has 4 nitrogen and oxygen atoms in total. The number of amides is 1. The highest BCUT2D eigenvalue weighted by molar-refractivity contribution is 9.11. The zero-order valence-corrected chi connectivity index (χ0v) is 18.0. The van der Waals surface area contributed by atoms with Gasteiger partial charge in [0.15, 0.2) is 0 Å². The quantitative estimate of drug-likeness (QED) is 0.527. The molecule has 0 spiro atoms. The third-order valence-electron chi connectivity index (χ3n) is 4.56. The fourth-order valence-electron chi connectivity index (χ4n) is 3.24. The fraction of sp³-hybridized carbons (Fsp3) is 0.316. The van der Waals surface area contributed by atoms with Crippen LogP contribution >= 0.6 is 43.2 Å². The summed E-state index contributed by atoms with van der Waals surface area (Å²) in [6.45, 7) is 2.02. The smallest absolute Gasteiger partial charge is 0.268 e. The van der Waals surface area contributed by atoms with Gasteiger partial charge in [-0.2, -0.15) is 0 Å². The summed E-state index contributed by atoms with van der Waals surface area (Å²) in [5, 5.41) is 3.04. The molecule has 1 amide bonds. The predicted octanol–water partition coefficient (Wildman–Crippen LogP) is 5.18. The standard InChI is InChI=1S/C19H18Br2N2O2S/c20-13-5-3-12(4-6-13)11-23-15-9-18(21)26-17(15)8-16(23)19(24)22-10-14-2-1-7-25-14/h3-6,8-9,14H,1-2,7,10-11H2,(H,22,24)/t14-/m1/s1. The van der Waals surface area contributed by atoms with E-state index in [9.17, 15) is 4.79 Å². The monoisotopic (exact) mass is 496 g/mol. The number of halogens is 2. The number of hydrogen-bond acceptors (Lipinski definition) is 3. The van der Waals surface area contributed by atoms with Crippen molar-refractivity contribution in [1.82, 2.24) is 9.88 Å². The molecule has 0 bridgehead atoms. The summed E-state index contributed by atoms with van der Waals surface area (Å²) < 4.78 is 10.9. The molecule has 136 valence electrons. The van der Waals surface area contributed by atoms with Crippen LogP contribution in [0.15, 0.2) is 44.7 Å². The van der Waals surface area contributed by atoms with Gasteiger partial charge in [-0.1, -0.05) is 28.1 Å². The number of benzene rings is 1. The van der Waals surface area contributed by atoms with Gasteiger partial charge in [0.1, 0.15) is 5.69 Å². The normalized spacial score (nSPS) is 17.1. The minimum Gasteiger partial charge on any atom is -0.376 e. The number of ether oxygens (including phenoxy) is 1. The van der Waals surface area contributed by atoms with Crippen molar-refractivity contribution < 1.29 is 9.53 Å². The summed E-state index contributed by atoms with van der Waals surface area (Å²) in [4.78, 5) is 12.8. The van der Waals surface area contributed by atoms with E-state index >= 15 is 0 Å². The average Bonchev–Trinajstić information content (AvgIpc) is 3.32. The fourth-order valence-corrected chi connectivity index (χ4v) is 5.07. The molecular weight excluding hydrogens is 480 g/mol. The van der Waals surface area contributed by atoms with Crippen LogP contribution in [-0.4, -0.2) is 29.7 Å². The van der Waals surface area contributed by atoms with E-state index in [0.29, 0.717) is 18.8 Å². The third kappa shape index (κ3) is 3.91. The minimum atomic E-state index is -0.0443. The second kappa shape index (κ2) is 7.84. The first-order valence-corrected chi connectivity index (χ1v) is 10.9. The van der Waals surface area contributed by atoms with E-state index in [1.54, 1.807) is 11.3 Å². The van der Waals surface area contributed by atoms with Crippen molar-refractivity contribution in [3.8, 4) is 0 Å². The zero-order chi connectivity index (χ0) is 18.1. The SMILES string of the molecule is O=C(NC[C@H]1CCCO1)c1cc2sc(Br)cc2n1Cc1ccc(Br)cc1. The topological polar surface area (TPSA) is 43.3 Å². The molecule has 7 heteroatoms. The first-order valence-electron chi connectivity index (χ1n) is 8.53. The summed E-state index contributed by atoms with van der Waals surface area (Å²) in [5.74, 6) is -0.0443. The van der Waals surface area contributed by atoms with Crippen LogP contribution in [0.5, 0.6) is 0 Å². The lowest BCUT2D eigenvalue weighted by molar-refractivity contribution is 0.0851. The number of carbonyl (C=O) groups excluding carboxylic acids is 1. The van der Waals surface area contributed by atoms with E-state index in [1.807, 2.05) is 18.2 Å². The summed E-state index contributed by atoms with van der Waals surface area (Å²) in [6.07, 6.45) is 2.23. The molecule has 3 aromatic rings. The second-order valence-electron chi connectivity index (χ2n) is 6.39. The number of nitrogens with one attached hydrogen (secondary N) is 1. The van der Waals surface area contributed by atoms with Crippen LogP contribution in [0.2, 0.25) is 0 Å². The van der Waals surface area contributed by atoms with Crippen LogP contribution in [0.25, 0.3) is 10.2 Å². The Morgan fingerprint density at radius 2 is 2.08 bits per heavy atom. The number of fused-ring (bicyclic) bond motifs is 1. The van der Waals surface area contributed by atoms with Gasteiger partial charge >= 0.3 is 0 Å². The maximum Gasteiger partial charge on any atom is 0.268 e. The number of carbonyl (C=O) groups is 1. The Kier molecular flexibility index (Phi) is 5.50. The van der Waals surface area contributed by atoms with Gasteiger partial charge in [0.25, 0.3) is 5.91 Å². The van der Waals surface area contributed by atoms with Crippen molar-refractivity contribution in [1.29, 1.82) is 0 Å². The molecule has 0 unspecified atom stereocenters. The molecular formula is C19H18Br2N2O2S. The number of nitrogens with zero attached hydrogens (tertiary/aromatic N) is 1. The highest BCUT2D eigenvalue weighted by Gasteiger charge is 2.20. The number of rotatable bonds is 5. The van der Waals surface area contributed by atoms with Gasteiger partial charge in [-0.05, 0) is 58.6 Å². The van der Waals surface area contributed by atoms with E-state index in [2.05, 4.69) is 59.9 Å². The van der Waals surface area contributed by atoms with Crippen molar-refractivity contribution >= 4 is 59.3 Å². The summed E-state index contributed by atoms with van der Waals surface area (Å²) in [5.41, 5.74) is 2.92. The van der Waals surface area contributed by atoms with Crippen LogP contribution in [-0.2, 0) is 11.3 Å². The van der Waals surface area contributed by atoms with Crippen LogP contribution in [0.4, 0.5) is 0 Å². The van der Waals surface area contributed by atoms with Crippen LogP contribution in [0.1, 0.15) is 28.9 Å². The van der Waals surface area contributed by atoms with Gasteiger partial charge in [-0.25, -0.2) is 0 Å². The summed E-state index contributed by atoms with van der Waals surface area (Å²) in [6, 6.07) is 12.3. The first-order chi connectivity index (χ1) is 12.6. The second-order valence-corrected chi connectivity index (χ2v) is 9.77. The number of aromatic nitrogens is 1. The molecule has 1 N–H and O–H groups in total. The zero-order valence-electron chi connectivity index (χ0n) is 14.0. The minimum absolute atomic E-state index is 0.0443. The molecule has 1 fully saturated rings. The van der Waals surface area contributed by atoms with Crippen molar-refractivity contribution in [2.75, 3.05) is 13.2 Å². The third-order valence-corrected chi connectivity index (χ3v) is 6.66. The van der Waals surface area contributed by atoms with E-state index in [4.69, 9.17) is 4.74 Å². The van der Waals surface area contributed by atoms with Crippen LogP contribution in [0.3, 0.4) is 0 Å². The van der Waals surface area contributed by atoms with E-state index in [0.717, 1.165) is 43.5 Å². The molecule has 1 aromatic carbocycles. The predicted molar refractivity (Wildman–Crippen MR) is 112 cm³/mol. The number of hydrogen-bond donors (Lipinski definition) is 1. The van der Waals surface area contributed by atoms with Gasteiger partial charge in [0.2, 0.25) is 0 Å². The maximum atomic E-state index is 12.8. The lowest BCUT2D eigenvalue weighted by atomic mass is 10.2. The van der Waals surface area contributed by atoms with Gasteiger partial charge in [-0.15, -0.1) is 11.3 Å². The molecule has 1 aliphatic heterocycles. The Labute approximate surface area is 172 Å². The van der Waals surface area contributed by atoms with Gasteiger partial charge < -0.3 is 14.6 Å². The molecule has 1 saturated heterocycles. The van der Waals surface area contributed by atoms with E-state index in [1.165, 1.54) is 0 Å². The van der Waals surface area contributed by atoms with Gasteiger partial charge in [0.05, 0.1) is 20.1 Å². The molecule has 0 radical (unpaired) electrons. The van der Waals surface area contributed by atoms with E-state index < -0.39 is 0 Å². The summed E-state index contributed by atoms with van der Waals surface area (Å²) in [7, 11) is 0. The van der Waals surface area contributed by atoms with Crippen LogP contribution < -0.4 is 5.32 Å². The molecule has 2 aromatic heterocycles. The van der Waals surface area contributed by atoms with Crippen molar-refractivity contribution in [3.05, 3.63) is 55.9 Å². The molecule has 1 atom stereocenters. The molecule has 26 heavy (non-hydrogen) atoms. The summed E-state index contributed by atoms with van der Waals surface area (Å²) >= 11 is 8.67. The Hall–Kier alpha value is -1.15. The molecule has 1 aliphatic rings. The van der Waals surface area contributed by atoms with Crippen LogP contribution in [0, 0.1) is 0 Å². The van der Waals surface area contributed by atoms with Gasteiger partial charge in [-0.3, -0.25) is 4.79 Å². The molecule has 3 heterocycles. The van der Waals surface area contributed by atoms with Crippen molar-refractivity contribution in [2.45, 2.75) is 25.5 Å². The lowest BCUT2D eigenvalue weighted by Crippen LogP contribution is -2.33. The Morgan fingerprint density at radius 1 is 1.27 bits per heavy atom. The van der Waals surface area contributed by atoms with Gasteiger partial charge in [0, 0.05) is 24.2 Å². The first kappa shape index (κ1) is 18.2. The highest BCUT2D eigenvalue weighted by Crippen LogP contribution is 2.33. The largest absolute Gasteiger partial charge is 0.376 e. The average molecular weight is 498 g/mol. The van der Waals surface area contributed by atoms with E-state index in [-0.39, 0.29) is 12.0 Å². The van der Waals surface area contributed by atoms with Crippen molar-refractivity contribution in [3.63, 3.8) is 0 Å². The lowest BCUT2D eigenvalue weighted by Gasteiger charge is -2.13. The maximum absolute atomic E-state index is 12.8. The Morgan fingerprint density at radius 3 is 2.81 bits per heavy atom. The molecule has 0 saturated carbocycles. The highest BCUT2D eigenvalue weighted by atomic mass is 79.9. The Balaban J connectivity index is 1.61. The number of thiophene rings is 1. The molecule has 0 aliphatic carbocycles. The Bertz CT molecular complexity index is 927. The van der Waals surface area contributed by atoms with Crippen molar-refractivity contribution in [2.24, 2.45) is 0 Å². The molecule has 4 rings (SSSR count).